The topological polar surface area (TPSA) is 46.2 Å². The summed E-state index contributed by atoms with van der Waals surface area (Å²) in [5, 5.41) is 10.1. The molecular formula is C16H19NOS. The summed E-state index contributed by atoms with van der Waals surface area (Å²) in [6, 6.07) is 19.9. The molecule has 0 radical (unpaired) electrons. The van der Waals surface area contributed by atoms with Crippen LogP contribution in [0.3, 0.4) is 0 Å². The number of aliphatic hydroxyl groups excluding tert-OH is 1. The molecule has 0 aromatic heterocycles. The second-order valence-electron chi connectivity index (χ2n) is 4.54. The van der Waals surface area contributed by atoms with E-state index in [1.165, 1.54) is 5.56 Å². The maximum absolute atomic E-state index is 10.1. The summed E-state index contributed by atoms with van der Waals surface area (Å²) in [6.45, 7) is 0. The van der Waals surface area contributed by atoms with Crippen molar-refractivity contribution in [2.75, 3.05) is 5.75 Å². The summed E-state index contributed by atoms with van der Waals surface area (Å²) >= 11 is 1.64. The van der Waals surface area contributed by atoms with Crippen molar-refractivity contribution in [1.29, 1.82) is 0 Å². The molecule has 0 spiro atoms. The normalized spacial score (nSPS) is 14.0. The molecule has 0 fully saturated rings. The third-order valence-corrected chi connectivity index (χ3v) is 4.09. The molecular weight excluding hydrogens is 254 g/mol. The first kappa shape index (κ1) is 14.1. The van der Waals surface area contributed by atoms with Gasteiger partial charge in [-0.15, -0.1) is 11.8 Å². The lowest BCUT2D eigenvalue weighted by atomic mass is 10.0. The third kappa shape index (κ3) is 4.71. The fourth-order valence-electron chi connectivity index (χ4n) is 1.84. The molecule has 2 nitrogen and oxygen atoms in total. The first-order valence-corrected chi connectivity index (χ1v) is 7.39. The Morgan fingerprint density at radius 1 is 0.947 bits per heavy atom. The lowest BCUT2D eigenvalue weighted by Gasteiger charge is -2.18. The molecule has 100 valence electrons. The van der Waals surface area contributed by atoms with Crippen LogP contribution < -0.4 is 5.73 Å². The molecule has 2 atom stereocenters. The molecule has 0 aliphatic rings. The van der Waals surface area contributed by atoms with Gasteiger partial charge >= 0.3 is 0 Å². The molecule has 2 rings (SSSR count). The smallest absolute Gasteiger partial charge is 0.0788 e. The van der Waals surface area contributed by atoms with Crippen LogP contribution in [-0.4, -0.2) is 23.0 Å². The van der Waals surface area contributed by atoms with Crippen molar-refractivity contribution in [3.05, 3.63) is 66.2 Å². The average molecular weight is 273 g/mol. The highest BCUT2D eigenvalue weighted by atomic mass is 32.2. The van der Waals surface area contributed by atoms with Gasteiger partial charge in [-0.05, 0) is 24.1 Å². The van der Waals surface area contributed by atoms with Gasteiger partial charge in [-0.3, -0.25) is 0 Å². The van der Waals surface area contributed by atoms with Crippen molar-refractivity contribution in [1.82, 2.24) is 0 Å². The molecule has 0 amide bonds. The minimum absolute atomic E-state index is 0.224. The Balaban J connectivity index is 1.81. The van der Waals surface area contributed by atoms with E-state index in [-0.39, 0.29) is 6.04 Å². The van der Waals surface area contributed by atoms with Gasteiger partial charge in [0.2, 0.25) is 0 Å². The number of hydrogen-bond acceptors (Lipinski definition) is 3. The maximum Gasteiger partial charge on any atom is 0.0788 e. The van der Waals surface area contributed by atoms with Crippen LogP contribution in [0.2, 0.25) is 0 Å². The summed E-state index contributed by atoms with van der Waals surface area (Å²) in [4.78, 5) is 1.16. The van der Waals surface area contributed by atoms with Crippen molar-refractivity contribution in [2.45, 2.75) is 23.5 Å². The highest BCUT2D eigenvalue weighted by molar-refractivity contribution is 7.99. The molecule has 0 heterocycles. The highest BCUT2D eigenvalue weighted by Gasteiger charge is 2.15. The summed E-state index contributed by atoms with van der Waals surface area (Å²) in [5.74, 6) is 0.623. The number of aliphatic hydroxyl groups is 1. The zero-order valence-electron chi connectivity index (χ0n) is 10.8. The van der Waals surface area contributed by atoms with Gasteiger partial charge in [0.25, 0.3) is 0 Å². The maximum atomic E-state index is 10.1. The van der Waals surface area contributed by atoms with E-state index >= 15 is 0 Å². The minimum Gasteiger partial charge on any atom is -0.391 e. The molecule has 2 unspecified atom stereocenters. The number of thioether (sulfide) groups is 1. The number of nitrogens with two attached hydrogens (primary N) is 1. The zero-order chi connectivity index (χ0) is 13.5. The van der Waals surface area contributed by atoms with Crippen molar-refractivity contribution < 1.29 is 5.11 Å². The highest BCUT2D eigenvalue weighted by Crippen LogP contribution is 2.19. The van der Waals surface area contributed by atoms with Gasteiger partial charge in [0, 0.05) is 16.7 Å². The average Bonchev–Trinajstić information content (AvgIpc) is 2.47. The van der Waals surface area contributed by atoms with E-state index in [0.717, 1.165) is 4.90 Å². The van der Waals surface area contributed by atoms with E-state index in [0.29, 0.717) is 12.2 Å². The van der Waals surface area contributed by atoms with Gasteiger partial charge in [0.1, 0.15) is 0 Å². The third-order valence-electron chi connectivity index (χ3n) is 2.97. The molecule has 0 aliphatic heterocycles. The molecule has 3 N–H and O–H groups in total. The summed E-state index contributed by atoms with van der Waals surface area (Å²) < 4.78 is 0. The fourth-order valence-corrected chi connectivity index (χ4v) is 2.80. The molecule has 2 aromatic carbocycles. The van der Waals surface area contributed by atoms with Crippen LogP contribution in [0.15, 0.2) is 65.6 Å². The number of benzene rings is 2. The van der Waals surface area contributed by atoms with E-state index in [1.807, 2.05) is 60.7 Å². The van der Waals surface area contributed by atoms with Crippen LogP contribution in [-0.2, 0) is 6.42 Å². The van der Waals surface area contributed by atoms with Gasteiger partial charge in [-0.1, -0.05) is 48.5 Å². The Morgan fingerprint density at radius 2 is 1.53 bits per heavy atom. The van der Waals surface area contributed by atoms with Crippen molar-refractivity contribution in [3.63, 3.8) is 0 Å². The summed E-state index contributed by atoms with van der Waals surface area (Å²) in [7, 11) is 0. The van der Waals surface area contributed by atoms with Crippen LogP contribution in [0.25, 0.3) is 0 Å². The molecule has 0 saturated carbocycles. The number of rotatable bonds is 6. The minimum atomic E-state index is -0.495. The van der Waals surface area contributed by atoms with E-state index in [1.54, 1.807) is 11.8 Å². The summed E-state index contributed by atoms with van der Waals surface area (Å²) in [6.07, 6.45) is 0.211. The Labute approximate surface area is 118 Å². The Kier molecular flexibility index (Phi) is 5.45. The molecule has 3 heteroatoms. The molecule has 0 bridgehead atoms. The monoisotopic (exact) mass is 273 g/mol. The molecule has 0 saturated heterocycles. The SMILES string of the molecule is NC(Cc1ccccc1)C(O)CSc1ccccc1. The molecule has 0 aliphatic carbocycles. The lowest BCUT2D eigenvalue weighted by molar-refractivity contribution is 0.167. The van der Waals surface area contributed by atoms with Crippen LogP contribution in [0, 0.1) is 0 Å². The van der Waals surface area contributed by atoms with Gasteiger partial charge in [0.05, 0.1) is 6.10 Å². The van der Waals surface area contributed by atoms with Gasteiger partial charge in [0.15, 0.2) is 0 Å². The Morgan fingerprint density at radius 3 is 2.16 bits per heavy atom. The summed E-state index contributed by atoms with van der Waals surface area (Å²) in [5.41, 5.74) is 7.22. The van der Waals surface area contributed by atoms with Gasteiger partial charge in [-0.25, -0.2) is 0 Å². The van der Waals surface area contributed by atoms with E-state index in [9.17, 15) is 5.11 Å². The van der Waals surface area contributed by atoms with Crippen LogP contribution in [0.4, 0.5) is 0 Å². The van der Waals surface area contributed by atoms with E-state index < -0.39 is 6.10 Å². The first-order valence-electron chi connectivity index (χ1n) is 6.41. The van der Waals surface area contributed by atoms with Gasteiger partial charge in [-0.2, -0.15) is 0 Å². The first-order chi connectivity index (χ1) is 9.25. The molecule has 2 aromatic rings. The predicted molar refractivity (Wildman–Crippen MR) is 81.3 cm³/mol. The van der Waals surface area contributed by atoms with Crippen molar-refractivity contribution in [3.8, 4) is 0 Å². The van der Waals surface area contributed by atoms with E-state index in [4.69, 9.17) is 5.73 Å². The van der Waals surface area contributed by atoms with Crippen LogP contribution >= 0.6 is 11.8 Å². The second-order valence-corrected chi connectivity index (χ2v) is 5.64. The van der Waals surface area contributed by atoms with Crippen LogP contribution in [0.1, 0.15) is 5.56 Å². The Bertz CT molecular complexity index is 475. The Hall–Kier alpha value is -1.29. The predicted octanol–water partition coefficient (Wildman–Crippen LogP) is 2.71. The zero-order valence-corrected chi connectivity index (χ0v) is 11.6. The van der Waals surface area contributed by atoms with Crippen LogP contribution in [0.5, 0.6) is 0 Å². The standard InChI is InChI=1S/C16H19NOS/c17-15(11-13-7-3-1-4-8-13)16(18)12-19-14-9-5-2-6-10-14/h1-10,15-16,18H,11-12,17H2. The second kappa shape index (κ2) is 7.34. The van der Waals surface area contributed by atoms with E-state index in [2.05, 4.69) is 0 Å². The quantitative estimate of drug-likeness (QED) is 0.796. The largest absolute Gasteiger partial charge is 0.391 e. The fraction of sp³-hybridized carbons (Fsp3) is 0.250. The van der Waals surface area contributed by atoms with Crippen molar-refractivity contribution in [2.24, 2.45) is 5.73 Å². The van der Waals surface area contributed by atoms with Crippen molar-refractivity contribution >= 4 is 11.8 Å². The molecule has 19 heavy (non-hydrogen) atoms. The lowest BCUT2D eigenvalue weighted by Crippen LogP contribution is -2.38. The van der Waals surface area contributed by atoms with Gasteiger partial charge < -0.3 is 10.8 Å². The number of hydrogen-bond donors (Lipinski definition) is 2.